The fourth-order valence-corrected chi connectivity index (χ4v) is 6.99. The predicted molar refractivity (Wildman–Crippen MR) is 148 cm³/mol. The van der Waals surface area contributed by atoms with Crippen molar-refractivity contribution in [1.29, 1.82) is 0 Å². The summed E-state index contributed by atoms with van der Waals surface area (Å²) in [5.74, 6) is 0.102. The lowest BCUT2D eigenvalue weighted by Crippen LogP contribution is -2.47. The number of fused-ring (bicyclic) bond motifs is 5. The van der Waals surface area contributed by atoms with E-state index in [2.05, 4.69) is 14.6 Å². The lowest BCUT2D eigenvalue weighted by molar-refractivity contribution is 0.0585. The third kappa shape index (κ3) is 5.37. The van der Waals surface area contributed by atoms with Gasteiger partial charge in [0.2, 0.25) is 0 Å². The highest BCUT2D eigenvalue weighted by molar-refractivity contribution is 7.93. The zero-order valence-electron chi connectivity index (χ0n) is 21.3. The minimum absolute atomic E-state index is 0.0407. The van der Waals surface area contributed by atoms with E-state index in [1.165, 1.54) is 18.2 Å². The van der Waals surface area contributed by atoms with E-state index in [1.807, 2.05) is 29.2 Å². The number of para-hydroxylation sites is 1. The number of pyridine rings is 1. The van der Waals surface area contributed by atoms with Gasteiger partial charge in [0.05, 0.1) is 5.52 Å². The normalized spacial score (nSPS) is 19.7. The Hall–Kier alpha value is -3.82. The first-order valence-corrected chi connectivity index (χ1v) is 14.6. The fraction of sp³-hybridized carbons (Fsp3) is 0.267. The Bertz CT molecular complexity index is 1600. The van der Waals surface area contributed by atoms with Crippen LogP contribution in [-0.4, -0.2) is 54.8 Å². The molecule has 4 aromatic rings. The molecule has 3 saturated heterocycles. The minimum Gasteiger partial charge on any atom is -0.334 e. The van der Waals surface area contributed by atoms with Gasteiger partial charge in [-0.25, -0.2) is 12.8 Å². The van der Waals surface area contributed by atoms with Gasteiger partial charge in [0.15, 0.2) is 0 Å². The molecule has 7 nitrogen and oxygen atoms in total. The van der Waals surface area contributed by atoms with Gasteiger partial charge in [-0.15, -0.1) is 0 Å². The van der Waals surface area contributed by atoms with Crippen molar-refractivity contribution < 1.29 is 17.6 Å². The number of amides is 1. The molecule has 0 spiro atoms. The van der Waals surface area contributed by atoms with E-state index >= 15 is 0 Å². The Labute approximate surface area is 227 Å². The van der Waals surface area contributed by atoms with Crippen molar-refractivity contribution in [2.75, 3.05) is 24.4 Å². The maximum absolute atomic E-state index is 13.5. The van der Waals surface area contributed by atoms with Crippen LogP contribution < -0.4 is 4.72 Å². The van der Waals surface area contributed by atoms with Gasteiger partial charge in [-0.3, -0.25) is 19.4 Å². The molecule has 0 aliphatic carbocycles. The first-order valence-electron chi connectivity index (χ1n) is 13.1. The van der Waals surface area contributed by atoms with Crippen LogP contribution in [0.25, 0.3) is 10.9 Å². The lowest BCUT2D eigenvalue weighted by Gasteiger charge is -2.36. The number of nitrogens with one attached hydrogen (secondary N) is 1. The number of anilines is 1. The Morgan fingerprint density at radius 3 is 2.49 bits per heavy atom. The number of rotatable bonds is 6. The van der Waals surface area contributed by atoms with E-state index in [-0.39, 0.29) is 22.7 Å². The molecule has 7 rings (SSSR count). The molecule has 1 amide bonds. The second-order valence-corrected chi connectivity index (χ2v) is 12.0. The van der Waals surface area contributed by atoms with Crippen LogP contribution in [-0.2, 0) is 16.6 Å². The first-order chi connectivity index (χ1) is 18.9. The number of carbonyl (C=O) groups is 1. The third-order valence-electron chi connectivity index (χ3n) is 7.64. The van der Waals surface area contributed by atoms with Gasteiger partial charge in [0.25, 0.3) is 15.9 Å². The summed E-state index contributed by atoms with van der Waals surface area (Å²) in [6, 6.07) is 21.9. The molecule has 200 valence electrons. The van der Waals surface area contributed by atoms with E-state index in [9.17, 15) is 17.6 Å². The average Bonchev–Trinajstić information content (AvgIpc) is 3.25. The van der Waals surface area contributed by atoms with E-state index < -0.39 is 10.0 Å². The number of carbonyl (C=O) groups excluding carboxylic acids is 1. The van der Waals surface area contributed by atoms with Gasteiger partial charge in [-0.2, -0.15) is 0 Å². The summed E-state index contributed by atoms with van der Waals surface area (Å²) >= 11 is 0. The zero-order valence-corrected chi connectivity index (χ0v) is 22.1. The number of nitrogens with zero attached hydrogens (tertiary/aromatic N) is 3. The molecule has 1 N–H and O–H groups in total. The molecule has 2 atom stereocenters. The average molecular weight is 545 g/mol. The van der Waals surface area contributed by atoms with Gasteiger partial charge >= 0.3 is 0 Å². The number of hydrogen-bond donors (Lipinski definition) is 1. The summed E-state index contributed by atoms with van der Waals surface area (Å²) in [6.45, 7) is 3.11. The number of piperidine rings is 1. The summed E-state index contributed by atoms with van der Waals surface area (Å²) in [5, 5.41) is 0.740. The van der Waals surface area contributed by atoms with Crippen LogP contribution >= 0.6 is 0 Å². The summed E-state index contributed by atoms with van der Waals surface area (Å²) < 4.78 is 42.2. The highest BCUT2D eigenvalue weighted by Gasteiger charge is 2.37. The molecule has 9 heteroatoms. The molecule has 2 unspecified atom stereocenters. The Morgan fingerprint density at radius 2 is 1.69 bits per heavy atom. The maximum Gasteiger partial charge on any atom is 0.264 e. The summed E-state index contributed by atoms with van der Waals surface area (Å²) in [6.07, 6.45) is 3.60. The Morgan fingerprint density at radius 1 is 0.923 bits per heavy atom. The van der Waals surface area contributed by atoms with Crippen LogP contribution in [0.5, 0.6) is 0 Å². The van der Waals surface area contributed by atoms with E-state index in [0.717, 1.165) is 43.4 Å². The van der Waals surface area contributed by atoms with Crippen molar-refractivity contribution in [2.45, 2.75) is 30.3 Å². The topological polar surface area (TPSA) is 82.6 Å². The molecule has 0 radical (unpaired) electrons. The molecule has 0 saturated carbocycles. The van der Waals surface area contributed by atoms with Crippen LogP contribution in [0.15, 0.2) is 90.0 Å². The van der Waals surface area contributed by atoms with Crippen molar-refractivity contribution in [2.24, 2.45) is 5.92 Å². The van der Waals surface area contributed by atoms with Gasteiger partial charge in [-0.1, -0.05) is 30.3 Å². The predicted octanol–water partition coefficient (Wildman–Crippen LogP) is 4.91. The smallest absolute Gasteiger partial charge is 0.264 e. The molecule has 4 heterocycles. The summed E-state index contributed by atoms with van der Waals surface area (Å²) in [4.78, 5) is 22.2. The largest absolute Gasteiger partial charge is 0.334 e. The molecular weight excluding hydrogens is 515 g/mol. The zero-order chi connectivity index (χ0) is 27.0. The van der Waals surface area contributed by atoms with Crippen LogP contribution in [0.4, 0.5) is 10.1 Å². The van der Waals surface area contributed by atoms with E-state index in [1.54, 1.807) is 42.6 Å². The number of halogens is 1. The van der Waals surface area contributed by atoms with Crippen LogP contribution in [0.2, 0.25) is 0 Å². The van der Waals surface area contributed by atoms with Gasteiger partial charge in [0.1, 0.15) is 10.7 Å². The summed E-state index contributed by atoms with van der Waals surface area (Å²) in [7, 11) is -3.87. The number of benzene rings is 3. The lowest BCUT2D eigenvalue weighted by atomic mass is 9.94. The van der Waals surface area contributed by atoms with Crippen molar-refractivity contribution in [3.05, 3.63) is 102 Å². The Balaban J connectivity index is 1.15. The molecule has 1 aromatic heterocycles. The molecule has 3 aliphatic rings. The third-order valence-corrected chi connectivity index (χ3v) is 9.05. The van der Waals surface area contributed by atoms with Crippen molar-refractivity contribution in [3.63, 3.8) is 0 Å². The van der Waals surface area contributed by atoms with Crippen molar-refractivity contribution >= 4 is 32.5 Å². The van der Waals surface area contributed by atoms with Crippen molar-refractivity contribution in [3.8, 4) is 0 Å². The number of hydrogen-bond acceptors (Lipinski definition) is 5. The number of sulfonamides is 1. The second-order valence-electron chi connectivity index (χ2n) is 10.4. The van der Waals surface area contributed by atoms with Gasteiger partial charge in [-0.05, 0) is 72.9 Å². The molecule has 39 heavy (non-hydrogen) atoms. The standard InChI is InChI=1S/C30H29FN4O3S/c31-25-11-6-21(7-12-25)17-34-18-22-8-15-27(20-34)35(19-22)30(36)24-9-13-26(14-10-24)33-39(37,38)28-5-1-3-23-4-2-16-32-29(23)28/h1-7,9-14,16,22,27,33H,8,15,17-20H2. The molecule has 2 bridgehead atoms. The second kappa shape index (κ2) is 10.4. The van der Waals surface area contributed by atoms with E-state index in [4.69, 9.17) is 0 Å². The quantitative estimate of drug-likeness (QED) is 0.373. The van der Waals surface area contributed by atoms with Crippen LogP contribution in [0, 0.1) is 11.7 Å². The van der Waals surface area contributed by atoms with Crippen LogP contribution in [0.1, 0.15) is 28.8 Å². The van der Waals surface area contributed by atoms with Crippen LogP contribution in [0.3, 0.4) is 0 Å². The SMILES string of the molecule is O=C(c1ccc(NS(=O)(=O)c2cccc3cccnc23)cc1)N1CC2CCC1CN(Cc1ccc(F)cc1)C2. The van der Waals surface area contributed by atoms with E-state index in [0.29, 0.717) is 29.2 Å². The molecular formula is C30H29FN4O3S. The number of aromatic nitrogens is 1. The van der Waals surface area contributed by atoms with Gasteiger partial charge < -0.3 is 4.90 Å². The fourth-order valence-electron chi connectivity index (χ4n) is 5.75. The molecule has 3 fully saturated rings. The molecule has 3 aromatic carbocycles. The minimum atomic E-state index is -3.87. The highest BCUT2D eigenvalue weighted by Crippen LogP contribution is 2.30. The van der Waals surface area contributed by atoms with Gasteiger partial charge in [0, 0.05) is 55.1 Å². The maximum atomic E-state index is 13.5. The monoisotopic (exact) mass is 544 g/mol. The first kappa shape index (κ1) is 25.5. The highest BCUT2D eigenvalue weighted by atomic mass is 32.2. The Kier molecular flexibility index (Phi) is 6.78. The van der Waals surface area contributed by atoms with Crippen molar-refractivity contribution in [1.82, 2.24) is 14.8 Å². The molecule has 3 aliphatic heterocycles. The summed E-state index contributed by atoms with van der Waals surface area (Å²) in [5.41, 5.74) is 2.38.